The minimum atomic E-state index is -4.86. The van der Waals surface area contributed by atoms with Crippen molar-refractivity contribution in [1.82, 2.24) is 4.98 Å². The van der Waals surface area contributed by atoms with Crippen molar-refractivity contribution in [3.8, 4) is 11.3 Å². The quantitative estimate of drug-likeness (QED) is 0.645. The van der Waals surface area contributed by atoms with E-state index < -0.39 is 12.0 Å². The number of carbonyl (C=O) groups is 1. The molecule has 0 unspecified atom stereocenters. The summed E-state index contributed by atoms with van der Waals surface area (Å²) in [5.74, 6) is -1.84. The number of hydrogen-bond acceptors (Lipinski definition) is 2. The summed E-state index contributed by atoms with van der Waals surface area (Å²) in [5, 5.41) is 1.89. The molecular formula is C17H10F3NO. The van der Waals surface area contributed by atoms with Gasteiger partial charge in [0, 0.05) is 22.7 Å². The standard InChI is InChI=1S/C17H10F3NO/c18-17(19,20)16(22)13-7-5-12(6-8-13)15-14-4-2-1-3-11(14)9-10-21-15/h1-10H. The lowest BCUT2D eigenvalue weighted by Gasteiger charge is -2.08. The van der Waals surface area contributed by atoms with Gasteiger partial charge in [0.1, 0.15) is 0 Å². The monoisotopic (exact) mass is 301 g/mol. The second kappa shape index (κ2) is 5.26. The van der Waals surface area contributed by atoms with Gasteiger partial charge in [-0.15, -0.1) is 0 Å². The lowest BCUT2D eigenvalue weighted by molar-refractivity contribution is -0.0885. The molecule has 2 nitrogen and oxygen atoms in total. The van der Waals surface area contributed by atoms with Crippen LogP contribution in [-0.4, -0.2) is 16.9 Å². The first kappa shape index (κ1) is 14.3. The van der Waals surface area contributed by atoms with E-state index >= 15 is 0 Å². The summed E-state index contributed by atoms with van der Waals surface area (Å²) in [6.45, 7) is 0. The van der Waals surface area contributed by atoms with Crippen LogP contribution in [0.4, 0.5) is 13.2 Å². The molecule has 5 heteroatoms. The highest BCUT2D eigenvalue weighted by Gasteiger charge is 2.39. The number of alkyl halides is 3. The second-order valence-corrected chi connectivity index (χ2v) is 4.78. The van der Waals surface area contributed by atoms with E-state index in [1.165, 1.54) is 24.3 Å². The van der Waals surface area contributed by atoms with E-state index in [2.05, 4.69) is 4.98 Å². The normalized spacial score (nSPS) is 11.6. The highest BCUT2D eigenvalue weighted by Crippen LogP contribution is 2.28. The van der Waals surface area contributed by atoms with Crippen molar-refractivity contribution >= 4 is 16.6 Å². The van der Waals surface area contributed by atoms with E-state index in [0.29, 0.717) is 11.3 Å². The van der Waals surface area contributed by atoms with Gasteiger partial charge in [-0.05, 0) is 11.5 Å². The number of Topliss-reactive ketones (excluding diaryl/α,β-unsaturated/α-hetero) is 1. The number of ketones is 1. The predicted molar refractivity (Wildman–Crippen MR) is 77.6 cm³/mol. The Bertz CT molecular complexity index is 833. The third-order valence-corrected chi connectivity index (χ3v) is 3.35. The maximum Gasteiger partial charge on any atom is 0.454 e. The summed E-state index contributed by atoms with van der Waals surface area (Å²) < 4.78 is 37.2. The van der Waals surface area contributed by atoms with E-state index in [9.17, 15) is 18.0 Å². The van der Waals surface area contributed by atoms with Gasteiger partial charge in [0.15, 0.2) is 0 Å². The molecule has 1 heterocycles. The van der Waals surface area contributed by atoms with Crippen molar-refractivity contribution in [3.63, 3.8) is 0 Å². The van der Waals surface area contributed by atoms with Crippen LogP contribution in [-0.2, 0) is 0 Å². The Morgan fingerprint density at radius 1 is 0.909 bits per heavy atom. The van der Waals surface area contributed by atoms with Crippen molar-refractivity contribution in [2.45, 2.75) is 6.18 Å². The molecule has 0 radical (unpaired) electrons. The third-order valence-electron chi connectivity index (χ3n) is 3.35. The molecule has 2 aromatic carbocycles. The van der Waals surface area contributed by atoms with E-state index in [4.69, 9.17) is 0 Å². The Balaban J connectivity index is 2.04. The molecule has 0 atom stereocenters. The van der Waals surface area contributed by atoms with Crippen LogP contribution in [0.15, 0.2) is 60.8 Å². The molecule has 0 aliphatic carbocycles. The summed E-state index contributed by atoms with van der Waals surface area (Å²) in [5.41, 5.74) is 0.955. The molecule has 3 aromatic rings. The van der Waals surface area contributed by atoms with Gasteiger partial charge in [-0.2, -0.15) is 13.2 Å². The largest absolute Gasteiger partial charge is 0.454 e. The first-order chi connectivity index (χ1) is 10.5. The molecule has 0 aliphatic heterocycles. The molecule has 0 aliphatic rings. The minimum absolute atomic E-state index is 0.378. The van der Waals surface area contributed by atoms with E-state index in [1.54, 1.807) is 6.20 Å². The maximum absolute atomic E-state index is 12.4. The number of halogens is 3. The van der Waals surface area contributed by atoms with Gasteiger partial charge in [0.05, 0.1) is 5.69 Å². The number of fused-ring (bicyclic) bond motifs is 1. The fourth-order valence-electron chi connectivity index (χ4n) is 2.29. The zero-order chi connectivity index (χ0) is 15.7. The molecule has 0 spiro atoms. The number of aromatic nitrogens is 1. The molecule has 3 rings (SSSR count). The average Bonchev–Trinajstić information content (AvgIpc) is 2.53. The first-order valence-corrected chi connectivity index (χ1v) is 6.52. The number of carbonyl (C=O) groups excluding carboxylic acids is 1. The van der Waals surface area contributed by atoms with Crippen molar-refractivity contribution in [1.29, 1.82) is 0 Å². The Morgan fingerprint density at radius 2 is 1.59 bits per heavy atom. The van der Waals surface area contributed by atoms with Crippen LogP contribution in [0.1, 0.15) is 10.4 Å². The molecule has 110 valence electrons. The van der Waals surface area contributed by atoms with Crippen molar-refractivity contribution in [3.05, 3.63) is 66.4 Å². The van der Waals surface area contributed by atoms with Crippen molar-refractivity contribution in [2.75, 3.05) is 0 Å². The Morgan fingerprint density at radius 3 is 2.27 bits per heavy atom. The second-order valence-electron chi connectivity index (χ2n) is 4.78. The van der Waals surface area contributed by atoms with Gasteiger partial charge in [-0.25, -0.2) is 0 Å². The summed E-state index contributed by atoms with van der Waals surface area (Å²) >= 11 is 0. The summed E-state index contributed by atoms with van der Waals surface area (Å²) in [7, 11) is 0. The van der Waals surface area contributed by atoms with E-state index in [-0.39, 0.29) is 5.56 Å². The smallest absolute Gasteiger partial charge is 0.284 e. The average molecular weight is 301 g/mol. The highest BCUT2D eigenvalue weighted by molar-refractivity contribution is 6.01. The molecule has 0 N–H and O–H groups in total. The number of nitrogens with zero attached hydrogens (tertiary/aromatic N) is 1. The van der Waals surface area contributed by atoms with Crippen molar-refractivity contribution < 1.29 is 18.0 Å². The van der Waals surface area contributed by atoms with Crippen LogP contribution in [0.25, 0.3) is 22.0 Å². The molecule has 0 bridgehead atoms. The molecule has 0 saturated heterocycles. The van der Waals surface area contributed by atoms with Crippen molar-refractivity contribution in [2.24, 2.45) is 0 Å². The van der Waals surface area contributed by atoms with Gasteiger partial charge >= 0.3 is 6.18 Å². The molecule has 1 aromatic heterocycles. The highest BCUT2D eigenvalue weighted by atomic mass is 19.4. The number of benzene rings is 2. The summed E-state index contributed by atoms with van der Waals surface area (Å²) in [6, 6.07) is 14.8. The SMILES string of the molecule is O=C(c1ccc(-c2nccc3ccccc23)cc1)C(F)(F)F. The zero-order valence-electron chi connectivity index (χ0n) is 11.3. The van der Waals surface area contributed by atoms with Gasteiger partial charge in [-0.3, -0.25) is 9.78 Å². The minimum Gasteiger partial charge on any atom is -0.284 e. The van der Waals surface area contributed by atoms with Crippen LogP contribution < -0.4 is 0 Å². The van der Waals surface area contributed by atoms with Crippen LogP contribution >= 0.6 is 0 Å². The molecular weight excluding hydrogens is 291 g/mol. The molecule has 22 heavy (non-hydrogen) atoms. The maximum atomic E-state index is 12.4. The van der Waals surface area contributed by atoms with Crippen LogP contribution in [0.2, 0.25) is 0 Å². The number of pyridine rings is 1. The number of hydrogen-bond donors (Lipinski definition) is 0. The van der Waals surface area contributed by atoms with E-state index in [1.807, 2.05) is 30.3 Å². The lowest BCUT2D eigenvalue weighted by Crippen LogP contribution is -2.22. The van der Waals surface area contributed by atoms with E-state index in [0.717, 1.165) is 10.8 Å². The van der Waals surface area contributed by atoms with Crippen LogP contribution in [0.5, 0.6) is 0 Å². The Kier molecular flexibility index (Phi) is 3.41. The van der Waals surface area contributed by atoms with Gasteiger partial charge in [0.2, 0.25) is 0 Å². The van der Waals surface area contributed by atoms with Crippen LogP contribution in [0, 0.1) is 0 Å². The van der Waals surface area contributed by atoms with Crippen LogP contribution in [0.3, 0.4) is 0 Å². The van der Waals surface area contributed by atoms with Gasteiger partial charge < -0.3 is 0 Å². The number of rotatable bonds is 2. The summed E-state index contributed by atoms with van der Waals surface area (Å²) in [4.78, 5) is 15.5. The first-order valence-electron chi connectivity index (χ1n) is 6.52. The Labute approximate surface area is 124 Å². The Hall–Kier alpha value is -2.69. The summed E-state index contributed by atoms with van der Waals surface area (Å²) in [6.07, 6.45) is -3.22. The predicted octanol–water partition coefficient (Wildman–Crippen LogP) is 4.65. The lowest BCUT2D eigenvalue weighted by atomic mass is 10.0. The molecule has 0 saturated carbocycles. The molecule has 0 amide bonds. The zero-order valence-corrected chi connectivity index (χ0v) is 11.3. The third kappa shape index (κ3) is 2.57. The topological polar surface area (TPSA) is 30.0 Å². The fraction of sp³-hybridized carbons (Fsp3) is 0.0588. The molecule has 0 fully saturated rings. The van der Waals surface area contributed by atoms with Gasteiger partial charge in [0.25, 0.3) is 5.78 Å². The fourth-order valence-corrected chi connectivity index (χ4v) is 2.29. The van der Waals surface area contributed by atoms with Gasteiger partial charge in [-0.1, -0.05) is 48.5 Å².